The lowest BCUT2D eigenvalue weighted by atomic mass is 9.81. The van der Waals surface area contributed by atoms with Crippen LogP contribution in [0.15, 0.2) is 35.7 Å². The SMILES string of the molecule is CC(=Nc1nc(N2CC([C@H]3CCCNC3)C2)nc2cncnc12)c1ccc(Cl)cc1Cl. The van der Waals surface area contributed by atoms with Crippen LogP contribution >= 0.6 is 23.2 Å². The van der Waals surface area contributed by atoms with Crippen LogP contribution in [0.25, 0.3) is 11.0 Å². The van der Waals surface area contributed by atoms with Crippen molar-refractivity contribution < 1.29 is 0 Å². The van der Waals surface area contributed by atoms with Crippen LogP contribution in [0.4, 0.5) is 11.8 Å². The van der Waals surface area contributed by atoms with Crippen molar-refractivity contribution in [2.24, 2.45) is 16.8 Å². The predicted octanol–water partition coefficient (Wildman–Crippen LogP) is 4.30. The Morgan fingerprint density at radius 1 is 1.19 bits per heavy atom. The summed E-state index contributed by atoms with van der Waals surface area (Å²) in [5.41, 5.74) is 2.85. The molecule has 1 atom stereocenters. The number of aliphatic imine (C=N–C) groups is 1. The van der Waals surface area contributed by atoms with Gasteiger partial charge in [-0.2, -0.15) is 4.98 Å². The first-order chi connectivity index (χ1) is 15.1. The van der Waals surface area contributed by atoms with Gasteiger partial charge < -0.3 is 10.2 Å². The van der Waals surface area contributed by atoms with E-state index in [1.54, 1.807) is 18.3 Å². The quantitative estimate of drug-likeness (QED) is 0.590. The molecule has 7 nitrogen and oxygen atoms in total. The van der Waals surface area contributed by atoms with Gasteiger partial charge in [0.2, 0.25) is 5.95 Å². The first-order valence-electron chi connectivity index (χ1n) is 10.5. The number of fused-ring (bicyclic) bond motifs is 1. The first-order valence-corrected chi connectivity index (χ1v) is 11.3. The van der Waals surface area contributed by atoms with Crippen LogP contribution in [-0.4, -0.2) is 51.8 Å². The average molecular weight is 456 g/mol. The number of benzene rings is 1. The molecule has 5 rings (SSSR count). The molecule has 31 heavy (non-hydrogen) atoms. The van der Waals surface area contributed by atoms with Gasteiger partial charge >= 0.3 is 0 Å². The lowest BCUT2D eigenvalue weighted by Gasteiger charge is -2.44. The maximum Gasteiger partial charge on any atom is 0.228 e. The van der Waals surface area contributed by atoms with Crippen molar-refractivity contribution in [3.05, 3.63) is 46.3 Å². The highest BCUT2D eigenvalue weighted by Crippen LogP contribution is 2.33. The van der Waals surface area contributed by atoms with Gasteiger partial charge in [-0.05, 0) is 56.8 Å². The molecule has 0 bridgehead atoms. The van der Waals surface area contributed by atoms with Crippen molar-refractivity contribution in [3.8, 4) is 0 Å². The highest BCUT2D eigenvalue weighted by Gasteiger charge is 2.35. The number of hydrogen-bond acceptors (Lipinski definition) is 7. The van der Waals surface area contributed by atoms with E-state index < -0.39 is 0 Å². The van der Waals surface area contributed by atoms with Gasteiger partial charge in [0.1, 0.15) is 17.4 Å². The summed E-state index contributed by atoms with van der Waals surface area (Å²) in [4.78, 5) is 25.0. The third-order valence-corrected chi connectivity index (χ3v) is 6.67. The Balaban J connectivity index is 1.45. The van der Waals surface area contributed by atoms with E-state index in [2.05, 4.69) is 20.2 Å². The highest BCUT2D eigenvalue weighted by molar-refractivity contribution is 6.37. The number of nitrogens with zero attached hydrogens (tertiary/aromatic N) is 6. The van der Waals surface area contributed by atoms with Gasteiger partial charge in [0.15, 0.2) is 5.82 Å². The molecule has 4 heterocycles. The predicted molar refractivity (Wildman–Crippen MR) is 125 cm³/mol. The fraction of sp³-hybridized carbons (Fsp3) is 0.409. The summed E-state index contributed by atoms with van der Waals surface area (Å²) < 4.78 is 0. The summed E-state index contributed by atoms with van der Waals surface area (Å²) in [7, 11) is 0. The molecule has 0 unspecified atom stereocenters. The van der Waals surface area contributed by atoms with Crippen LogP contribution in [0, 0.1) is 11.8 Å². The fourth-order valence-electron chi connectivity index (χ4n) is 4.33. The molecule has 0 spiro atoms. The number of nitrogens with one attached hydrogen (secondary N) is 1. The van der Waals surface area contributed by atoms with Gasteiger partial charge in [0.25, 0.3) is 0 Å². The third-order valence-electron chi connectivity index (χ3n) is 6.12. The molecule has 160 valence electrons. The number of hydrogen-bond donors (Lipinski definition) is 1. The van der Waals surface area contributed by atoms with Crippen molar-refractivity contribution in [1.82, 2.24) is 25.3 Å². The second-order valence-electron chi connectivity index (χ2n) is 8.20. The fourth-order valence-corrected chi connectivity index (χ4v) is 4.88. The van der Waals surface area contributed by atoms with Crippen LogP contribution in [0.1, 0.15) is 25.3 Å². The van der Waals surface area contributed by atoms with Crippen LogP contribution in [0.2, 0.25) is 10.0 Å². The van der Waals surface area contributed by atoms with E-state index in [0.717, 1.165) is 43.4 Å². The molecule has 1 aromatic carbocycles. The third kappa shape index (κ3) is 4.22. The molecule has 9 heteroatoms. The van der Waals surface area contributed by atoms with E-state index in [4.69, 9.17) is 38.2 Å². The monoisotopic (exact) mass is 455 g/mol. The minimum Gasteiger partial charge on any atom is -0.340 e. The summed E-state index contributed by atoms with van der Waals surface area (Å²) in [6.07, 6.45) is 5.76. The summed E-state index contributed by atoms with van der Waals surface area (Å²) in [6, 6.07) is 5.37. The molecule has 1 N–H and O–H groups in total. The summed E-state index contributed by atoms with van der Waals surface area (Å²) in [5, 5.41) is 4.65. The zero-order chi connectivity index (χ0) is 21.4. The van der Waals surface area contributed by atoms with Crippen molar-refractivity contribution >= 4 is 51.7 Å². The van der Waals surface area contributed by atoms with Gasteiger partial charge in [-0.1, -0.05) is 29.3 Å². The number of halogens is 2. The van der Waals surface area contributed by atoms with Crippen molar-refractivity contribution in [1.29, 1.82) is 0 Å². The van der Waals surface area contributed by atoms with Gasteiger partial charge in [0, 0.05) is 29.4 Å². The molecular formula is C22H23Cl2N7. The van der Waals surface area contributed by atoms with Gasteiger partial charge in [-0.3, -0.25) is 0 Å². The molecule has 0 saturated carbocycles. The second-order valence-corrected chi connectivity index (χ2v) is 9.04. The van der Waals surface area contributed by atoms with Crippen LogP contribution < -0.4 is 10.2 Å². The maximum atomic E-state index is 6.37. The summed E-state index contributed by atoms with van der Waals surface area (Å²) >= 11 is 12.4. The van der Waals surface area contributed by atoms with Gasteiger partial charge in [-0.25, -0.2) is 19.9 Å². The average Bonchev–Trinajstić information content (AvgIpc) is 2.73. The molecule has 2 aliphatic rings. The second kappa shape index (κ2) is 8.65. The molecule has 2 fully saturated rings. The van der Waals surface area contributed by atoms with Crippen LogP contribution in [0.3, 0.4) is 0 Å². The molecular weight excluding hydrogens is 433 g/mol. The lowest BCUT2D eigenvalue weighted by molar-refractivity contribution is 0.222. The van der Waals surface area contributed by atoms with E-state index in [0.29, 0.717) is 38.8 Å². The van der Waals surface area contributed by atoms with Crippen molar-refractivity contribution in [3.63, 3.8) is 0 Å². The van der Waals surface area contributed by atoms with Crippen LogP contribution in [-0.2, 0) is 0 Å². The zero-order valence-corrected chi connectivity index (χ0v) is 18.7. The normalized spacial score (nSPS) is 20.2. The number of rotatable bonds is 4. The van der Waals surface area contributed by atoms with E-state index in [-0.39, 0.29) is 0 Å². The smallest absolute Gasteiger partial charge is 0.228 e. The minimum absolute atomic E-state index is 0.522. The summed E-state index contributed by atoms with van der Waals surface area (Å²) in [6.45, 7) is 6.09. The van der Waals surface area contributed by atoms with Gasteiger partial charge in [-0.15, -0.1) is 0 Å². The molecule has 2 aromatic heterocycles. The van der Waals surface area contributed by atoms with Crippen molar-refractivity contribution in [2.45, 2.75) is 19.8 Å². The van der Waals surface area contributed by atoms with E-state index in [1.807, 2.05) is 13.0 Å². The van der Waals surface area contributed by atoms with Crippen LogP contribution in [0.5, 0.6) is 0 Å². The highest BCUT2D eigenvalue weighted by atomic mass is 35.5. The van der Waals surface area contributed by atoms with E-state index in [9.17, 15) is 0 Å². The minimum atomic E-state index is 0.522. The van der Waals surface area contributed by atoms with Crippen molar-refractivity contribution in [2.75, 3.05) is 31.1 Å². The van der Waals surface area contributed by atoms with E-state index in [1.165, 1.54) is 19.2 Å². The maximum absolute atomic E-state index is 6.37. The molecule has 0 aliphatic carbocycles. The molecule has 2 saturated heterocycles. The number of anilines is 1. The standard InChI is InChI=1S/C22H23Cl2N7/c1-13(17-5-4-16(23)7-18(17)24)28-21-20-19(9-26-12-27-20)29-22(30-21)31-10-15(11-31)14-3-2-6-25-8-14/h4-5,7,9,12,14-15,25H,2-3,6,8,10-11H2,1H3/t14-/m0/s1. The lowest BCUT2D eigenvalue weighted by Crippen LogP contribution is -2.53. The Kier molecular flexibility index (Phi) is 5.73. The largest absolute Gasteiger partial charge is 0.340 e. The van der Waals surface area contributed by atoms with E-state index >= 15 is 0 Å². The Hall–Kier alpha value is -2.35. The summed E-state index contributed by atoms with van der Waals surface area (Å²) in [5.74, 6) is 2.62. The topological polar surface area (TPSA) is 79.2 Å². The Labute approximate surface area is 190 Å². The Morgan fingerprint density at radius 2 is 2.06 bits per heavy atom. The zero-order valence-electron chi connectivity index (χ0n) is 17.2. The molecule has 3 aromatic rings. The number of piperidine rings is 1. The molecule has 0 amide bonds. The number of aromatic nitrogens is 4. The molecule has 0 radical (unpaired) electrons. The Bertz CT molecular complexity index is 1140. The molecule has 2 aliphatic heterocycles. The first kappa shape index (κ1) is 20.5. The van der Waals surface area contributed by atoms with Gasteiger partial charge in [0.05, 0.1) is 11.2 Å². The Morgan fingerprint density at radius 3 is 2.84 bits per heavy atom.